The average Bonchev–Trinajstić information content (AvgIpc) is 2.81. The van der Waals surface area contributed by atoms with Crippen LogP contribution in [0, 0.1) is 0 Å². The van der Waals surface area contributed by atoms with Gasteiger partial charge in [-0.05, 0) is 25.0 Å². The largest absolute Gasteiger partial charge is 0.496 e. The van der Waals surface area contributed by atoms with Gasteiger partial charge in [0.05, 0.1) is 24.0 Å². The van der Waals surface area contributed by atoms with Gasteiger partial charge in [0.15, 0.2) is 5.78 Å². The Balaban J connectivity index is 2.04. The lowest BCUT2D eigenvalue weighted by Crippen LogP contribution is -2.15. The fraction of sp³-hybridized carbons (Fsp3) is 0.250. The van der Waals surface area contributed by atoms with E-state index in [1.165, 1.54) is 0 Å². The Kier molecular flexibility index (Phi) is 3.55. The Hall–Kier alpha value is -2.07. The van der Waals surface area contributed by atoms with Gasteiger partial charge in [0.1, 0.15) is 5.75 Å². The number of ketones is 1. The molecule has 0 N–H and O–H groups in total. The molecule has 1 aliphatic rings. The average molecular weight is 303 g/mol. The zero-order valence-electron chi connectivity index (χ0n) is 11.9. The summed E-state index contributed by atoms with van der Waals surface area (Å²) in [5.74, 6) is 0.811. The summed E-state index contributed by atoms with van der Waals surface area (Å²) in [6.45, 7) is 0. The van der Waals surface area contributed by atoms with E-state index in [2.05, 4.69) is 5.10 Å². The molecule has 4 nitrogen and oxygen atoms in total. The van der Waals surface area contributed by atoms with Gasteiger partial charge in [-0.15, -0.1) is 0 Å². The molecule has 0 atom stereocenters. The molecule has 108 valence electrons. The topological polar surface area (TPSA) is 44.1 Å². The molecule has 0 bridgehead atoms. The van der Waals surface area contributed by atoms with Crippen LogP contribution in [0.15, 0.2) is 30.0 Å². The normalized spacial score (nSPS) is 16.1. The molecular weight excluding hydrogens is 288 g/mol. The summed E-state index contributed by atoms with van der Waals surface area (Å²) in [4.78, 5) is 12.6. The van der Waals surface area contributed by atoms with Gasteiger partial charge in [-0.3, -0.25) is 9.48 Å². The third kappa shape index (κ3) is 2.36. The summed E-state index contributed by atoms with van der Waals surface area (Å²) in [5.41, 5.74) is 3.20. The molecular formula is C16H15ClN2O2. The summed E-state index contributed by atoms with van der Waals surface area (Å²) >= 11 is 6.10. The predicted molar refractivity (Wildman–Crippen MR) is 81.8 cm³/mol. The molecule has 0 aliphatic heterocycles. The molecule has 1 heterocycles. The number of Topliss-reactive ketones (excluding diaryl/α,β-unsaturated/α-hetero) is 1. The molecule has 21 heavy (non-hydrogen) atoms. The highest BCUT2D eigenvalue weighted by Crippen LogP contribution is 2.33. The molecule has 1 aromatic carbocycles. The van der Waals surface area contributed by atoms with E-state index in [4.69, 9.17) is 16.3 Å². The van der Waals surface area contributed by atoms with Crippen molar-refractivity contribution in [2.24, 2.45) is 7.05 Å². The number of benzene rings is 1. The summed E-state index contributed by atoms with van der Waals surface area (Å²) < 4.78 is 7.00. The van der Waals surface area contributed by atoms with Gasteiger partial charge in [-0.1, -0.05) is 23.7 Å². The molecule has 0 unspecified atom stereocenters. The zero-order valence-corrected chi connectivity index (χ0v) is 12.6. The molecule has 5 heteroatoms. The van der Waals surface area contributed by atoms with Crippen LogP contribution in [-0.2, 0) is 13.5 Å². The second-order valence-electron chi connectivity index (χ2n) is 4.99. The van der Waals surface area contributed by atoms with E-state index in [0.29, 0.717) is 17.0 Å². The van der Waals surface area contributed by atoms with Crippen LogP contribution in [0.5, 0.6) is 5.75 Å². The molecule has 0 fully saturated rings. The minimum Gasteiger partial charge on any atom is -0.496 e. The molecule has 0 spiro atoms. The van der Waals surface area contributed by atoms with E-state index in [9.17, 15) is 4.79 Å². The monoisotopic (exact) mass is 302 g/mol. The quantitative estimate of drug-likeness (QED) is 0.800. The summed E-state index contributed by atoms with van der Waals surface area (Å²) in [6, 6.07) is 5.58. The van der Waals surface area contributed by atoms with Crippen LogP contribution in [-0.4, -0.2) is 22.7 Å². The predicted octanol–water partition coefficient (Wildman–Crippen LogP) is 3.29. The first-order valence-electron chi connectivity index (χ1n) is 6.70. The number of fused-ring (bicyclic) bond motifs is 1. The smallest absolute Gasteiger partial charge is 0.189 e. The van der Waals surface area contributed by atoms with Gasteiger partial charge in [0, 0.05) is 23.7 Å². The molecule has 0 saturated heterocycles. The number of allylic oxidation sites excluding steroid dienone is 1. The van der Waals surface area contributed by atoms with Crippen molar-refractivity contribution in [3.63, 3.8) is 0 Å². The highest BCUT2D eigenvalue weighted by molar-refractivity contribution is 6.32. The highest BCUT2D eigenvalue weighted by atomic mass is 35.5. The Labute approximate surface area is 128 Å². The minimum atomic E-state index is 0.0346. The van der Waals surface area contributed by atoms with Crippen LogP contribution in [0.2, 0.25) is 5.02 Å². The molecule has 1 aromatic heterocycles. The number of hydrogen-bond donors (Lipinski definition) is 0. The molecule has 2 aromatic rings. The lowest BCUT2D eigenvalue weighted by Gasteiger charge is -2.19. The van der Waals surface area contributed by atoms with Crippen LogP contribution in [0.1, 0.15) is 28.0 Å². The standard InChI is InChI=1S/C16H15ClN2O2/c1-19-14(13(17)9-18-19)8-10-6-7-11-12(16(10)20)4-3-5-15(11)21-2/h3-5,8-9H,6-7H2,1-2H3/b10-8-. The lowest BCUT2D eigenvalue weighted by atomic mass is 9.86. The second-order valence-corrected chi connectivity index (χ2v) is 5.39. The summed E-state index contributed by atoms with van der Waals surface area (Å²) in [5, 5.41) is 4.64. The SMILES string of the molecule is COc1cccc2c1CC/C(=C/c1c(Cl)cnn1C)C2=O. The summed E-state index contributed by atoms with van der Waals surface area (Å²) in [6.07, 6.45) is 4.87. The van der Waals surface area contributed by atoms with E-state index in [-0.39, 0.29) is 5.78 Å². The van der Waals surface area contributed by atoms with Crippen molar-refractivity contribution in [3.8, 4) is 5.75 Å². The second kappa shape index (κ2) is 5.37. The van der Waals surface area contributed by atoms with Gasteiger partial charge in [0.2, 0.25) is 0 Å². The number of ether oxygens (including phenoxy) is 1. The van der Waals surface area contributed by atoms with Crippen LogP contribution in [0.3, 0.4) is 0 Å². The number of rotatable bonds is 2. The first-order chi connectivity index (χ1) is 10.1. The van der Waals surface area contributed by atoms with E-state index < -0.39 is 0 Å². The maximum atomic E-state index is 12.6. The van der Waals surface area contributed by atoms with Gasteiger partial charge < -0.3 is 4.74 Å². The number of carbonyl (C=O) groups excluding carboxylic acids is 1. The van der Waals surface area contributed by atoms with Crippen molar-refractivity contribution in [2.45, 2.75) is 12.8 Å². The third-order valence-corrected chi connectivity index (χ3v) is 4.07. The minimum absolute atomic E-state index is 0.0346. The van der Waals surface area contributed by atoms with Crippen molar-refractivity contribution >= 4 is 23.5 Å². The van der Waals surface area contributed by atoms with Crippen molar-refractivity contribution in [1.82, 2.24) is 9.78 Å². The van der Waals surface area contributed by atoms with Crippen LogP contribution >= 0.6 is 11.6 Å². The Morgan fingerprint density at radius 2 is 2.19 bits per heavy atom. The van der Waals surface area contributed by atoms with Crippen molar-refractivity contribution in [3.05, 3.63) is 51.8 Å². The van der Waals surface area contributed by atoms with Gasteiger partial charge in [0.25, 0.3) is 0 Å². The van der Waals surface area contributed by atoms with Crippen molar-refractivity contribution < 1.29 is 9.53 Å². The maximum Gasteiger partial charge on any atom is 0.189 e. The molecule has 1 aliphatic carbocycles. The van der Waals surface area contributed by atoms with Crippen molar-refractivity contribution in [2.75, 3.05) is 7.11 Å². The number of hydrogen-bond acceptors (Lipinski definition) is 3. The third-order valence-electron chi connectivity index (χ3n) is 3.78. The Bertz CT molecular complexity index is 727. The number of methoxy groups -OCH3 is 1. The first-order valence-corrected chi connectivity index (χ1v) is 7.08. The van der Waals surface area contributed by atoms with Gasteiger partial charge >= 0.3 is 0 Å². The van der Waals surface area contributed by atoms with E-state index in [1.54, 1.807) is 18.0 Å². The number of carbonyl (C=O) groups is 1. The lowest BCUT2D eigenvalue weighted by molar-refractivity contribution is 0.102. The first kappa shape index (κ1) is 13.9. The number of aryl methyl sites for hydroxylation is 1. The molecule has 0 amide bonds. The highest BCUT2D eigenvalue weighted by Gasteiger charge is 2.24. The molecule has 0 saturated carbocycles. The zero-order chi connectivity index (χ0) is 15.0. The molecule has 3 rings (SSSR count). The fourth-order valence-electron chi connectivity index (χ4n) is 2.66. The Morgan fingerprint density at radius 3 is 2.86 bits per heavy atom. The molecule has 0 radical (unpaired) electrons. The number of halogens is 1. The number of aromatic nitrogens is 2. The van der Waals surface area contributed by atoms with E-state index in [0.717, 1.165) is 29.0 Å². The van der Waals surface area contributed by atoms with Crippen LogP contribution < -0.4 is 4.74 Å². The fourth-order valence-corrected chi connectivity index (χ4v) is 2.88. The van der Waals surface area contributed by atoms with Gasteiger partial charge in [-0.2, -0.15) is 5.10 Å². The van der Waals surface area contributed by atoms with E-state index in [1.807, 2.05) is 31.3 Å². The number of nitrogens with zero attached hydrogens (tertiary/aromatic N) is 2. The van der Waals surface area contributed by atoms with E-state index >= 15 is 0 Å². The van der Waals surface area contributed by atoms with Crippen LogP contribution in [0.4, 0.5) is 0 Å². The Morgan fingerprint density at radius 1 is 1.38 bits per heavy atom. The van der Waals surface area contributed by atoms with Crippen LogP contribution in [0.25, 0.3) is 6.08 Å². The van der Waals surface area contributed by atoms with Crippen molar-refractivity contribution in [1.29, 1.82) is 0 Å². The maximum absolute atomic E-state index is 12.6. The van der Waals surface area contributed by atoms with Gasteiger partial charge in [-0.25, -0.2) is 0 Å². The summed E-state index contributed by atoms with van der Waals surface area (Å²) in [7, 11) is 3.43.